The van der Waals surface area contributed by atoms with Crippen LogP contribution >= 0.6 is 23.1 Å². The van der Waals surface area contributed by atoms with Crippen molar-refractivity contribution >= 4 is 39.8 Å². The summed E-state index contributed by atoms with van der Waals surface area (Å²) in [6.45, 7) is 0. The van der Waals surface area contributed by atoms with Crippen molar-refractivity contribution < 1.29 is 9.72 Å². The molecule has 0 aliphatic rings. The van der Waals surface area contributed by atoms with Crippen LogP contribution in [0.2, 0.25) is 0 Å². The Morgan fingerprint density at radius 3 is 2.72 bits per heavy atom. The summed E-state index contributed by atoms with van der Waals surface area (Å²) in [5.41, 5.74) is 1.72. The summed E-state index contributed by atoms with van der Waals surface area (Å²) in [5, 5.41) is 16.3. The predicted molar refractivity (Wildman–Crippen MR) is 97.8 cm³/mol. The number of pyridine rings is 1. The molecule has 1 aromatic carbocycles. The van der Waals surface area contributed by atoms with E-state index in [1.54, 1.807) is 0 Å². The summed E-state index contributed by atoms with van der Waals surface area (Å²) >= 11 is 2.56. The number of amides is 1. The lowest BCUT2D eigenvalue weighted by Gasteiger charge is -2.01. The molecular weight excluding hydrogens is 360 g/mol. The number of thioether (sulfide) groups is 1. The predicted octanol–water partition coefficient (Wildman–Crippen LogP) is 3.84. The van der Waals surface area contributed by atoms with Crippen molar-refractivity contribution in [1.82, 2.24) is 9.97 Å². The van der Waals surface area contributed by atoms with Gasteiger partial charge in [0.1, 0.15) is 6.20 Å². The topological polar surface area (TPSA) is 98.0 Å². The van der Waals surface area contributed by atoms with E-state index in [2.05, 4.69) is 15.3 Å². The maximum Gasteiger partial charge on any atom is 0.287 e. The van der Waals surface area contributed by atoms with E-state index < -0.39 is 4.92 Å². The van der Waals surface area contributed by atoms with Crippen LogP contribution in [0, 0.1) is 10.1 Å². The van der Waals surface area contributed by atoms with E-state index in [1.807, 2.05) is 35.7 Å². The van der Waals surface area contributed by atoms with E-state index in [9.17, 15) is 14.9 Å². The van der Waals surface area contributed by atoms with Gasteiger partial charge in [-0.25, -0.2) is 9.97 Å². The van der Waals surface area contributed by atoms with Crippen molar-refractivity contribution in [3.05, 3.63) is 64.2 Å². The number of nitro groups is 1. The molecule has 0 saturated heterocycles. The van der Waals surface area contributed by atoms with Crippen LogP contribution in [0.1, 0.15) is 0 Å². The lowest BCUT2D eigenvalue weighted by Crippen LogP contribution is -2.13. The summed E-state index contributed by atoms with van der Waals surface area (Å²) in [4.78, 5) is 30.4. The third-order valence-corrected chi connectivity index (χ3v) is 4.80. The second kappa shape index (κ2) is 7.86. The molecule has 1 N–H and O–H groups in total. The lowest BCUT2D eigenvalue weighted by molar-refractivity contribution is -0.385. The first-order valence-electron chi connectivity index (χ1n) is 7.16. The van der Waals surface area contributed by atoms with Gasteiger partial charge in [0, 0.05) is 17.0 Å². The van der Waals surface area contributed by atoms with E-state index >= 15 is 0 Å². The summed E-state index contributed by atoms with van der Waals surface area (Å²) in [6.07, 6.45) is 1.17. The van der Waals surface area contributed by atoms with Crippen molar-refractivity contribution in [1.29, 1.82) is 0 Å². The number of carbonyl (C=O) groups is 1. The monoisotopic (exact) mass is 372 g/mol. The number of aromatic nitrogens is 2. The van der Waals surface area contributed by atoms with Crippen LogP contribution in [0.15, 0.2) is 59.1 Å². The molecule has 0 atom stereocenters. The Kier molecular flexibility index (Phi) is 5.36. The van der Waals surface area contributed by atoms with Crippen molar-refractivity contribution in [3.8, 4) is 11.3 Å². The minimum absolute atomic E-state index is 0.0787. The first-order chi connectivity index (χ1) is 12.1. The van der Waals surface area contributed by atoms with Gasteiger partial charge in [0.2, 0.25) is 5.91 Å². The van der Waals surface area contributed by atoms with Gasteiger partial charge in [-0.3, -0.25) is 14.9 Å². The van der Waals surface area contributed by atoms with Crippen molar-refractivity contribution in [2.24, 2.45) is 0 Å². The second-order valence-electron chi connectivity index (χ2n) is 4.85. The molecule has 0 bridgehead atoms. The highest BCUT2D eigenvalue weighted by Crippen LogP contribution is 2.25. The van der Waals surface area contributed by atoms with Gasteiger partial charge in [-0.1, -0.05) is 42.1 Å². The van der Waals surface area contributed by atoms with E-state index in [0.717, 1.165) is 11.3 Å². The molecule has 0 unspecified atom stereocenters. The Labute approximate surface area is 151 Å². The Morgan fingerprint density at radius 1 is 1.24 bits per heavy atom. The minimum Gasteiger partial charge on any atom is -0.301 e. The molecule has 3 rings (SSSR count). The zero-order valence-electron chi connectivity index (χ0n) is 12.8. The number of carbonyl (C=O) groups excluding carboxylic acids is 1. The van der Waals surface area contributed by atoms with Crippen molar-refractivity contribution in [3.63, 3.8) is 0 Å². The van der Waals surface area contributed by atoms with E-state index in [1.165, 1.54) is 41.4 Å². The van der Waals surface area contributed by atoms with Crippen LogP contribution in [-0.2, 0) is 4.79 Å². The number of hydrogen-bond donors (Lipinski definition) is 1. The van der Waals surface area contributed by atoms with Crippen LogP contribution < -0.4 is 5.32 Å². The summed E-state index contributed by atoms with van der Waals surface area (Å²) in [5.74, 6) is -0.0652. The molecule has 1 amide bonds. The fraction of sp³-hybridized carbons (Fsp3) is 0.0625. The molecule has 25 heavy (non-hydrogen) atoms. The average Bonchev–Trinajstić information content (AvgIpc) is 3.09. The van der Waals surface area contributed by atoms with Crippen LogP contribution in [-0.4, -0.2) is 26.6 Å². The molecule has 2 heterocycles. The highest BCUT2D eigenvalue weighted by molar-refractivity contribution is 7.99. The Bertz CT molecular complexity index is 882. The number of benzene rings is 1. The Hall–Kier alpha value is -2.78. The van der Waals surface area contributed by atoms with Crippen LogP contribution in [0.3, 0.4) is 0 Å². The lowest BCUT2D eigenvalue weighted by atomic mass is 10.2. The summed E-state index contributed by atoms with van der Waals surface area (Å²) in [6, 6.07) is 12.6. The van der Waals surface area contributed by atoms with Gasteiger partial charge in [-0.05, 0) is 6.07 Å². The summed E-state index contributed by atoms with van der Waals surface area (Å²) < 4.78 is 0. The highest BCUT2D eigenvalue weighted by Gasteiger charge is 2.10. The van der Waals surface area contributed by atoms with Crippen LogP contribution in [0.25, 0.3) is 11.3 Å². The third-order valence-electron chi connectivity index (χ3n) is 3.10. The van der Waals surface area contributed by atoms with E-state index in [-0.39, 0.29) is 17.3 Å². The largest absolute Gasteiger partial charge is 0.301 e. The third kappa shape index (κ3) is 4.61. The van der Waals surface area contributed by atoms with Gasteiger partial charge in [-0.2, -0.15) is 0 Å². The number of nitrogens with one attached hydrogen (secondary N) is 1. The molecule has 126 valence electrons. The number of rotatable bonds is 6. The molecule has 9 heteroatoms. The van der Waals surface area contributed by atoms with Gasteiger partial charge < -0.3 is 5.32 Å². The van der Waals surface area contributed by atoms with Gasteiger partial charge >= 0.3 is 0 Å². The first kappa shape index (κ1) is 17.1. The quantitative estimate of drug-likeness (QED) is 0.401. The van der Waals surface area contributed by atoms with Gasteiger partial charge in [0.25, 0.3) is 5.69 Å². The Balaban J connectivity index is 1.54. The van der Waals surface area contributed by atoms with Crippen LogP contribution in [0.4, 0.5) is 10.8 Å². The molecule has 7 nitrogen and oxygen atoms in total. The molecule has 0 aliphatic heterocycles. The van der Waals surface area contributed by atoms with Gasteiger partial charge in [0.05, 0.1) is 21.4 Å². The van der Waals surface area contributed by atoms with Gasteiger partial charge in [-0.15, -0.1) is 11.3 Å². The SMILES string of the molecule is O=C(CSc1ccc([N+](=O)[O-])cn1)Nc1nc(-c2ccccc2)cs1. The maximum absolute atomic E-state index is 12.0. The van der Waals surface area contributed by atoms with E-state index in [0.29, 0.717) is 10.2 Å². The van der Waals surface area contributed by atoms with E-state index in [4.69, 9.17) is 0 Å². The average molecular weight is 372 g/mol. The zero-order chi connectivity index (χ0) is 17.6. The van der Waals surface area contributed by atoms with Crippen molar-refractivity contribution in [2.45, 2.75) is 5.03 Å². The molecule has 2 aromatic heterocycles. The Morgan fingerprint density at radius 2 is 2.04 bits per heavy atom. The molecule has 3 aromatic rings. The highest BCUT2D eigenvalue weighted by atomic mass is 32.2. The van der Waals surface area contributed by atoms with Gasteiger partial charge in [0.15, 0.2) is 5.13 Å². The second-order valence-corrected chi connectivity index (χ2v) is 6.71. The molecule has 0 saturated carbocycles. The molecular formula is C16H12N4O3S2. The first-order valence-corrected chi connectivity index (χ1v) is 9.02. The van der Waals surface area contributed by atoms with Crippen LogP contribution in [0.5, 0.6) is 0 Å². The molecule has 0 spiro atoms. The standard InChI is InChI=1S/C16H12N4O3S2/c21-14(10-24-15-7-6-12(8-17-15)20(22)23)19-16-18-13(9-25-16)11-4-2-1-3-5-11/h1-9H,10H2,(H,18,19,21). The molecule has 0 radical (unpaired) electrons. The maximum atomic E-state index is 12.0. The summed E-state index contributed by atoms with van der Waals surface area (Å²) in [7, 11) is 0. The number of anilines is 1. The zero-order valence-corrected chi connectivity index (χ0v) is 14.4. The number of hydrogen-bond acceptors (Lipinski definition) is 7. The fourth-order valence-corrected chi connectivity index (χ4v) is 3.31. The minimum atomic E-state index is -0.513. The fourth-order valence-electron chi connectivity index (χ4n) is 1.93. The number of nitrogens with zero attached hydrogens (tertiary/aromatic N) is 3. The molecule has 0 fully saturated rings. The number of thiazole rings is 1. The van der Waals surface area contributed by atoms with Crippen molar-refractivity contribution in [2.75, 3.05) is 11.1 Å². The molecule has 0 aliphatic carbocycles. The smallest absolute Gasteiger partial charge is 0.287 e. The normalized spacial score (nSPS) is 10.4.